The molecule has 3 heterocycles. The molecule has 2 aliphatic heterocycles. The number of rotatable bonds is 3. The number of benzene rings is 1. The molecule has 2 bridgehead atoms. The van der Waals surface area contributed by atoms with E-state index in [4.69, 9.17) is 0 Å². The summed E-state index contributed by atoms with van der Waals surface area (Å²) in [6.07, 6.45) is 3.10. The third kappa shape index (κ3) is 3.58. The molecule has 28 heavy (non-hydrogen) atoms. The van der Waals surface area contributed by atoms with Crippen LogP contribution >= 0.6 is 11.8 Å². The molecule has 0 saturated carbocycles. The number of likely N-dealkylation sites (tertiary alicyclic amines) is 1. The number of hydrogen-bond acceptors (Lipinski definition) is 3. The van der Waals surface area contributed by atoms with Crippen LogP contribution in [0.5, 0.6) is 0 Å². The molecule has 2 atom stereocenters. The van der Waals surface area contributed by atoms with Gasteiger partial charge in [-0.15, -0.1) is 11.8 Å². The molecule has 2 aliphatic rings. The molecular weight excluding hydrogens is 370 g/mol. The van der Waals surface area contributed by atoms with E-state index in [1.54, 1.807) is 11.8 Å². The van der Waals surface area contributed by atoms with Crippen molar-refractivity contribution in [3.8, 4) is 11.1 Å². The molecule has 0 unspecified atom stereocenters. The van der Waals surface area contributed by atoms with E-state index in [2.05, 4.69) is 23.5 Å². The highest BCUT2D eigenvalue weighted by atomic mass is 32.2. The van der Waals surface area contributed by atoms with Gasteiger partial charge in [0.1, 0.15) is 0 Å². The average molecular weight is 398 g/mol. The van der Waals surface area contributed by atoms with Gasteiger partial charge in [0.15, 0.2) is 0 Å². The Bertz CT molecular complexity index is 936. The van der Waals surface area contributed by atoms with Gasteiger partial charge in [-0.1, -0.05) is 12.1 Å². The first kappa shape index (κ1) is 19.1. The molecule has 2 aromatic rings. The number of carbonyl (C=O) groups excluding carboxylic acids is 1. The molecule has 1 aromatic carbocycles. The smallest absolute Gasteiger partial charge is 0.317 e. The van der Waals surface area contributed by atoms with Crippen LogP contribution in [0.15, 0.2) is 46.1 Å². The summed E-state index contributed by atoms with van der Waals surface area (Å²) in [6.45, 7) is 6.03. The summed E-state index contributed by atoms with van der Waals surface area (Å²) in [5.74, 6) is 0.557. The Hall–Kier alpha value is -2.21. The van der Waals surface area contributed by atoms with Crippen LogP contribution < -0.4 is 10.9 Å². The summed E-state index contributed by atoms with van der Waals surface area (Å²) in [5, 5.41) is 2.99. The summed E-state index contributed by atoms with van der Waals surface area (Å²) in [7, 11) is 0. The maximum atomic E-state index is 13.2. The molecular formula is C22H27N3O2S. The minimum Gasteiger partial charge on any atom is -0.336 e. The molecule has 5 nitrogen and oxygen atoms in total. The SMILES string of the molecule is CSc1ccc(-c2ccc3n(c2=O)C[C@H]2C[C@@H]3CN(C(=O)NC(C)C)C2)cc1. The zero-order chi connectivity index (χ0) is 19.8. The summed E-state index contributed by atoms with van der Waals surface area (Å²) in [6, 6.07) is 12.3. The normalized spacial score (nSPS) is 20.8. The molecule has 0 spiro atoms. The highest BCUT2D eigenvalue weighted by Crippen LogP contribution is 2.36. The average Bonchev–Trinajstić information content (AvgIpc) is 2.68. The number of urea groups is 1. The second-order valence-electron chi connectivity index (χ2n) is 8.12. The Kier molecular flexibility index (Phi) is 5.23. The molecule has 0 radical (unpaired) electrons. The fourth-order valence-corrected chi connectivity index (χ4v) is 4.85. The first-order valence-corrected chi connectivity index (χ1v) is 11.1. The van der Waals surface area contributed by atoms with E-state index in [0.717, 1.165) is 23.2 Å². The van der Waals surface area contributed by atoms with Gasteiger partial charge in [0.05, 0.1) is 0 Å². The molecule has 1 N–H and O–H groups in total. The fraction of sp³-hybridized carbons (Fsp3) is 0.455. The lowest BCUT2D eigenvalue weighted by Gasteiger charge is -2.43. The van der Waals surface area contributed by atoms with Gasteiger partial charge < -0.3 is 14.8 Å². The van der Waals surface area contributed by atoms with E-state index < -0.39 is 0 Å². The molecule has 4 rings (SSSR count). The Morgan fingerprint density at radius 1 is 1.11 bits per heavy atom. The second-order valence-corrected chi connectivity index (χ2v) is 9.00. The number of fused-ring (bicyclic) bond motifs is 4. The van der Waals surface area contributed by atoms with Crippen LogP contribution in [-0.2, 0) is 6.54 Å². The summed E-state index contributed by atoms with van der Waals surface area (Å²) >= 11 is 1.70. The molecule has 1 saturated heterocycles. The molecule has 148 valence electrons. The summed E-state index contributed by atoms with van der Waals surface area (Å²) in [4.78, 5) is 28.8. The highest BCUT2D eigenvalue weighted by molar-refractivity contribution is 7.98. The zero-order valence-electron chi connectivity index (χ0n) is 16.6. The lowest BCUT2D eigenvalue weighted by atomic mass is 9.83. The quantitative estimate of drug-likeness (QED) is 0.802. The predicted molar refractivity (Wildman–Crippen MR) is 114 cm³/mol. The van der Waals surface area contributed by atoms with E-state index >= 15 is 0 Å². The number of nitrogens with zero attached hydrogens (tertiary/aromatic N) is 2. The third-order valence-electron chi connectivity index (χ3n) is 5.70. The number of pyridine rings is 1. The number of carbonyl (C=O) groups is 1. The van der Waals surface area contributed by atoms with Crippen molar-refractivity contribution in [2.45, 2.75) is 43.7 Å². The van der Waals surface area contributed by atoms with E-state index in [0.29, 0.717) is 25.6 Å². The van der Waals surface area contributed by atoms with Crippen LogP contribution in [0.25, 0.3) is 11.1 Å². The number of nitrogens with one attached hydrogen (secondary N) is 1. The molecule has 0 aliphatic carbocycles. The highest BCUT2D eigenvalue weighted by Gasteiger charge is 2.36. The first-order valence-electron chi connectivity index (χ1n) is 9.90. The lowest BCUT2D eigenvalue weighted by molar-refractivity contribution is 0.130. The van der Waals surface area contributed by atoms with E-state index in [1.165, 1.54) is 4.90 Å². The van der Waals surface area contributed by atoms with E-state index in [1.807, 2.05) is 47.8 Å². The number of piperidine rings is 1. The third-order valence-corrected chi connectivity index (χ3v) is 6.45. The van der Waals surface area contributed by atoms with Gasteiger partial charge >= 0.3 is 6.03 Å². The maximum absolute atomic E-state index is 13.2. The predicted octanol–water partition coefficient (Wildman–Crippen LogP) is 3.77. The fourth-order valence-electron chi connectivity index (χ4n) is 4.44. The van der Waals surface area contributed by atoms with Crippen LogP contribution in [0.3, 0.4) is 0 Å². The summed E-state index contributed by atoms with van der Waals surface area (Å²) < 4.78 is 1.95. The van der Waals surface area contributed by atoms with Crippen LogP contribution in [0.1, 0.15) is 31.9 Å². The van der Waals surface area contributed by atoms with Gasteiger partial charge in [-0.05, 0) is 62.3 Å². The van der Waals surface area contributed by atoms with Crippen molar-refractivity contribution >= 4 is 17.8 Å². The van der Waals surface area contributed by atoms with Crippen molar-refractivity contribution in [1.82, 2.24) is 14.8 Å². The number of amides is 2. The Morgan fingerprint density at radius 2 is 1.86 bits per heavy atom. The van der Waals surface area contributed by atoms with Gasteiger partial charge in [-0.3, -0.25) is 4.79 Å². The van der Waals surface area contributed by atoms with Crippen molar-refractivity contribution in [2.75, 3.05) is 19.3 Å². The van der Waals surface area contributed by atoms with Crippen LogP contribution in [0.2, 0.25) is 0 Å². The van der Waals surface area contributed by atoms with Gasteiger partial charge in [0.25, 0.3) is 5.56 Å². The Morgan fingerprint density at radius 3 is 2.54 bits per heavy atom. The van der Waals surface area contributed by atoms with Gasteiger partial charge in [0, 0.05) is 47.7 Å². The van der Waals surface area contributed by atoms with Gasteiger partial charge in [0.2, 0.25) is 0 Å². The molecule has 1 fully saturated rings. The maximum Gasteiger partial charge on any atom is 0.317 e. The van der Waals surface area contributed by atoms with E-state index in [9.17, 15) is 9.59 Å². The first-order chi connectivity index (χ1) is 13.5. The number of hydrogen-bond donors (Lipinski definition) is 1. The van der Waals surface area contributed by atoms with Crippen LogP contribution in [0, 0.1) is 5.92 Å². The number of thioether (sulfide) groups is 1. The van der Waals surface area contributed by atoms with E-state index in [-0.39, 0.29) is 23.6 Å². The Balaban J connectivity index is 1.63. The van der Waals surface area contributed by atoms with Crippen molar-refractivity contribution in [3.05, 3.63) is 52.4 Å². The van der Waals surface area contributed by atoms with Crippen molar-refractivity contribution < 1.29 is 4.79 Å². The Labute approximate surface area is 170 Å². The minimum absolute atomic E-state index is 0.00556. The van der Waals surface area contributed by atoms with Crippen molar-refractivity contribution in [1.29, 1.82) is 0 Å². The monoisotopic (exact) mass is 397 g/mol. The molecule has 6 heteroatoms. The van der Waals surface area contributed by atoms with Gasteiger partial charge in [-0.25, -0.2) is 4.79 Å². The largest absolute Gasteiger partial charge is 0.336 e. The summed E-state index contributed by atoms with van der Waals surface area (Å²) in [5.41, 5.74) is 2.87. The van der Waals surface area contributed by atoms with Crippen LogP contribution in [0.4, 0.5) is 4.79 Å². The van der Waals surface area contributed by atoms with Crippen LogP contribution in [-0.4, -0.2) is 40.9 Å². The molecule has 2 amide bonds. The molecule has 1 aromatic heterocycles. The number of aromatic nitrogens is 1. The standard InChI is InChI=1S/C22H27N3O2S/c1-14(2)23-22(27)24-11-15-10-17(13-24)20-9-8-19(21(26)25(20)12-15)16-4-6-18(28-3)7-5-16/h4-9,14-15,17H,10-13H2,1-3H3,(H,23,27)/t15-,17+/m0/s1. The second kappa shape index (κ2) is 7.66. The van der Waals surface area contributed by atoms with Gasteiger partial charge in [-0.2, -0.15) is 0 Å². The van der Waals surface area contributed by atoms with Crippen molar-refractivity contribution in [2.24, 2.45) is 5.92 Å². The van der Waals surface area contributed by atoms with Crippen molar-refractivity contribution in [3.63, 3.8) is 0 Å². The minimum atomic E-state index is 0.00556. The lowest BCUT2D eigenvalue weighted by Crippen LogP contribution is -2.52. The zero-order valence-corrected chi connectivity index (χ0v) is 17.5. The topological polar surface area (TPSA) is 54.3 Å².